The van der Waals surface area contributed by atoms with Crippen LogP contribution >= 0.6 is 11.8 Å². The minimum absolute atomic E-state index is 0.0130. The van der Waals surface area contributed by atoms with Crippen LogP contribution in [0, 0.1) is 19.7 Å². The number of ketones is 3. The summed E-state index contributed by atoms with van der Waals surface area (Å²) in [5, 5.41) is 9.95. The number of amides is 4. The molecular formula is C73H94FN11O13S. The summed E-state index contributed by atoms with van der Waals surface area (Å²) in [7, 11) is 0. The molecule has 0 N–H and O–H groups in total. The summed E-state index contributed by atoms with van der Waals surface area (Å²) in [6.45, 7) is 16.2. The lowest BCUT2D eigenvalue weighted by molar-refractivity contribution is -0.141. The monoisotopic (exact) mass is 1380 g/mol. The number of carbonyl (C=O) groups excluding carboxylic acids is 7. The van der Waals surface area contributed by atoms with Crippen LogP contribution < -0.4 is 15.9 Å². The molecule has 0 spiro atoms. The van der Waals surface area contributed by atoms with Gasteiger partial charge in [-0.05, 0) is 162 Å². The number of benzene rings is 2. The largest absolute Gasteiger partial charge is 0.493 e. The van der Waals surface area contributed by atoms with Gasteiger partial charge in [-0.2, -0.15) is 0 Å². The fraction of sp³-hybridized carbons (Fsp3) is 0.603. The summed E-state index contributed by atoms with van der Waals surface area (Å²) < 4.78 is 40.5. The van der Waals surface area contributed by atoms with Crippen LogP contribution in [-0.4, -0.2) is 191 Å². The Morgan fingerprint density at radius 1 is 0.616 bits per heavy atom. The van der Waals surface area contributed by atoms with Crippen molar-refractivity contribution in [2.24, 2.45) is 0 Å². The van der Waals surface area contributed by atoms with E-state index in [1.807, 2.05) is 46.1 Å². The second kappa shape index (κ2) is 34.0. The molecule has 0 bridgehead atoms. The molecule has 4 amide bonds. The molecule has 12 rings (SSSR count). The first-order chi connectivity index (χ1) is 47.8. The summed E-state index contributed by atoms with van der Waals surface area (Å²) in [6, 6.07) is 10.3. The van der Waals surface area contributed by atoms with E-state index in [0.717, 1.165) is 196 Å². The van der Waals surface area contributed by atoms with E-state index >= 15 is 0 Å². The summed E-state index contributed by atoms with van der Waals surface area (Å²) >= 11 is 1.15. The molecule has 0 aliphatic carbocycles. The maximum Gasteiger partial charge on any atom is 0.257 e. The van der Waals surface area contributed by atoms with Crippen molar-refractivity contribution in [3.8, 4) is 5.75 Å². The molecule has 6 aliphatic heterocycles. The average Bonchev–Trinajstić information content (AvgIpc) is 1.65. The van der Waals surface area contributed by atoms with Crippen molar-refractivity contribution in [2.45, 2.75) is 192 Å². The molecule has 26 heteroatoms. The smallest absolute Gasteiger partial charge is 0.257 e. The van der Waals surface area contributed by atoms with Gasteiger partial charge in [0.15, 0.2) is 16.9 Å². The lowest BCUT2D eigenvalue weighted by atomic mass is 9.91. The predicted octanol–water partition coefficient (Wildman–Crippen LogP) is 8.34. The first-order valence-corrected chi connectivity index (χ1v) is 36.7. The van der Waals surface area contributed by atoms with Crippen molar-refractivity contribution < 1.29 is 56.5 Å². The number of piperazine rings is 1. The van der Waals surface area contributed by atoms with E-state index in [9.17, 15) is 47.5 Å². The van der Waals surface area contributed by atoms with E-state index in [1.54, 1.807) is 11.0 Å². The normalized spacial score (nSPS) is 18.8. The molecule has 10 heterocycles. The quantitative estimate of drug-likeness (QED) is 0.0329. The minimum atomic E-state index is -0.595. The summed E-state index contributed by atoms with van der Waals surface area (Å²) in [5.74, 6) is 1.75. The van der Waals surface area contributed by atoms with E-state index in [2.05, 4.69) is 20.1 Å². The van der Waals surface area contributed by atoms with Gasteiger partial charge in [-0.15, -0.1) is 11.8 Å². The first-order valence-electron chi connectivity index (χ1n) is 35.7. The first kappa shape index (κ1) is 72.4. The third-order valence-corrected chi connectivity index (χ3v) is 21.7. The summed E-state index contributed by atoms with van der Waals surface area (Å²) in [4.78, 5) is 130. The lowest BCUT2D eigenvalue weighted by Gasteiger charge is -2.35. The number of aryl methyl sites for hydroxylation is 3. The Labute approximate surface area is 580 Å². The van der Waals surface area contributed by atoms with Gasteiger partial charge in [-0.25, -0.2) is 14.4 Å². The van der Waals surface area contributed by atoms with Gasteiger partial charge in [0.25, 0.3) is 11.1 Å². The number of piperidine rings is 2. The number of hydrogen-bond donors (Lipinski definition) is 0. The standard InChI is InChI=1S/C38H51FN6O6.C35H43N5O7S/c1-26(46)9-12-35(48)44-22-20-43(21-23-44)34(47)8-4-3-5-24-50-32-7-6-16-45-37(32)40-27(2)30(38(45)49)15-19-42-17-13-28(14-18-42)36-31-11-10-29(39)25-33(31)51-41-36;1-22(41)21-48-30-19-32(43)40(35(30)45)20-25(42)6-5-17-46-26-8-9-28-29(18-26)47-37-33(28)24-10-14-38(15-11-24)16-12-27-23(2)36-31-7-3-4-13-39(31)34(27)44/h10-11,25,28,32H,3-9,12-24H2,1-2H3;8-9,18,24,30H,3-7,10-17,19-21H2,1-2H3. The maximum absolute atomic E-state index is 13.7. The van der Waals surface area contributed by atoms with Gasteiger partial charge in [0.05, 0.1) is 35.5 Å². The van der Waals surface area contributed by atoms with Crippen molar-refractivity contribution in [1.29, 1.82) is 0 Å². The van der Waals surface area contributed by atoms with Crippen molar-refractivity contribution in [2.75, 3.05) is 91.0 Å². The molecule has 99 heavy (non-hydrogen) atoms. The SMILES string of the molecule is CC(=O)CCC(=O)N1CCN(C(=O)CCCCCOC2CCCn3c2nc(C)c(CCN2CCC(c4noc5cc(F)ccc45)CC2)c3=O)CC1.CC(=O)CSC1CC(=O)N(CC(=O)CCCOc2ccc3c(C4CCN(CCc5c(C)nc6n(c5=O)CCCC6)CC4)noc3c2)C1=O. The zero-order valence-corrected chi connectivity index (χ0v) is 58.6. The van der Waals surface area contributed by atoms with Gasteiger partial charge >= 0.3 is 0 Å². The molecule has 2 atom stereocenters. The Morgan fingerprint density at radius 3 is 1.87 bits per heavy atom. The third-order valence-electron chi connectivity index (χ3n) is 20.4. The number of thioether (sulfide) groups is 1. The number of fused-ring (bicyclic) bond motifs is 4. The zero-order valence-electron chi connectivity index (χ0n) is 57.7. The molecule has 6 aliphatic rings. The molecule has 2 unspecified atom stereocenters. The zero-order chi connectivity index (χ0) is 69.7. The highest BCUT2D eigenvalue weighted by atomic mass is 32.2. The second-order valence-electron chi connectivity index (χ2n) is 27.5. The number of halogens is 1. The Morgan fingerprint density at radius 2 is 1.22 bits per heavy atom. The van der Waals surface area contributed by atoms with E-state index < -0.39 is 11.2 Å². The topological polar surface area (TPSA) is 276 Å². The third kappa shape index (κ3) is 18.4. The van der Waals surface area contributed by atoms with Crippen LogP contribution in [0.4, 0.5) is 4.39 Å². The highest BCUT2D eigenvalue weighted by Gasteiger charge is 2.40. The lowest BCUT2D eigenvalue weighted by Crippen LogP contribution is -2.50. The maximum atomic E-state index is 13.7. The number of imide groups is 1. The van der Waals surface area contributed by atoms with Crippen LogP contribution in [-0.2, 0) is 70.7 Å². The van der Waals surface area contributed by atoms with E-state index in [0.29, 0.717) is 88.5 Å². The van der Waals surface area contributed by atoms with E-state index in [1.165, 1.54) is 26.0 Å². The molecule has 0 radical (unpaired) electrons. The molecule has 4 aromatic heterocycles. The summed E-state index contributed by atoms with van der Waals surface area (Å²) in [5.41, 5.74) is 6.46. The Hall–Kier alpha value is -7.81. The van der Waals surface area contributed by atoms with E-state index in [4.69, 9.17) is 28.5 Å². The molecule has 24 nitrogen and oxygen atoms in total. The van der Waals surface area contributed by atoms with Crippen molar-refractivity contribution in [1.82, 2.24) is 53.9 Å². The molecule has 0 saturated carbocycles. The number of aromatic nitrogens is 6. The van der Waals surface area contributed by atoms with Crippen LogP contribution in [0.1, 0.15) is 186 Å². The fourth-order valence-electron chi connectivity index (χ4n) is 14.6. The van der Waals surface area contributed by atoms with Crippen LogP contribution in [0.2, 0.25) is 0 Å². The van der Waals surface area contributed by atoms with E-state index in [-0.39, 0.29) is 108 Å². The van der Waals surface area contributed by atoms with Crippen molar-refractivity contribution in [3.63, 3.8) is 0 Å². The van der Waals surface area contributed by atoms with Gasteiger partial charge < -0.3 is 42.9 Å². The average molecular weight is 1380 g/mol. The second-order valence-corrected chi connectivity index (χ2v) is 28.6. The Bertz CT molecular complexity index is 4030. The molecule has 2 aromatic carbocycles. The van der Waals surface area contributed by atoms with Gasteiger partial charge in [-0.1, -0.05) is 16.7 Å². The highest BCUT2D eigenvalue weighted by molar-refractivity contribution is 8.01. The van der Waals surface area contributed by atoms with Crippen LogP contribution in [0.5, 0.6) is 5.75 Å². The highest BCUT2D eigenvalue weighted by Crippen LogP contribution is 2.36. The van der Waals surface area contributed by atoms with Crippen LogP contribution in [0.15, 0.2) is 55.0 Å². The molecular weight excluding hydrogens is 1290 g/mol. The predicted molar refractivity (Wildman–Crippen MR) is 369 cm³/mol. The van der Waals surface area contributed by atoms with Crippen molar-refractivity contribution in [3.05, 3.63) is 108 Å². The number of rotatable bonds is 28. The van der Waals surface area contributed by atoms with Gasteiger partial charge in [0, 0.05) is 155 Å². The number of hydrogen-bond acceptors (Lipinski definition) is 20. The molecule has 6 aromatic rings. The minimum Gasteiger partial charge on any atom is -0.493 e. The van der Waals surface area contributed by atoms with Crippen LogP contribution in [0.3, 0.4) is 0 Å². The number of carbonyl (C=O) groups is 7. The summed E-state index contributed by atoms with van der Waals surface area (Å²) in [6.07, 6.45) is 13.7. The Balaban J connectivity index is 0.000000200. The van der Waals surface area contributed by atoms with Gasteiger partial charge in [0.2, 0.25) is 23.6 Å². The van der Waals surface area contributed by atoms with Gasteiger partial charge in [-0.3, -0.25) is 52.4 Å². The van der Waals surface area contributed by atoms with Crippen LogP contribution in [0.25, 0.3) is 21.9 Å². The molecule has 532 valence electrons. The number of likely N-dealkylation sites (tertiary alicyclic amines) is 3. The number of ether oxygens (including phenoxy) is 2. The number of Topliss-reactive ketones (excluding diaryl/α,β-unsaturated/α-hetero) is 3. The fourth-order valence-corrected chi connectivity index (χ4v) is 15.6. The van der Waals surface area contributed by atoms with Crippen molar-refractivity contribution >= 4 is 74.7 Å². The number of unbranched alkanes of at least 4 members (excludes halogenated alkanes) is 2. The molecule has 4 saturated heterocycles. The molecule has 4 fully saturated rings. The number of nitrogens with zero attached hydrogens (tertiary/aromatic N) is 11. The Kier molecular flexibility index (Phi) is 24.9. The van der Waals surface area contributed by atoms with Gasteiger partial charge in [0.1, 0.15) is 40.9 Å².